The van der Waals surface area contributed by atoms with Gasteiger partial charge in [-0.25, -0.2) is 0 Å². The van der Waals surface area contributed by atoms with Gasteiger partial charge in [-0.1, -0.05) is 49.7 Å². The second kappa shape index (κ2) is 6.39. The van der Waals surface area contributed by atoms with Crippen LogP contribution in [0.25, 0.3) is 0 Å². The molecule has 2 heteroatoms. The molecule has 1 atom stereocenters. The van der Waals surface area contributed by atoms with Crippen molar-refractivity contribution >= 4 is 5.69 Å². The van der Waals surface area contributed by atoms with Gasteiger partial charge in [0.25, 0.3) is 0 Å². The van der Waals surface area contributed by atoms with Crippen LogP contribution in [0.15, 0.2) is 48.5 Å². The molecule has 0 aliphatic carbocycles. The average Bonchev–Trinajstić information content (AvgIpc) is 2.42. The van der Waals surface area contributed by atoms with Crippen molar-refractivity contribution in [1.82, 2.24) is 5.32 Å². The second-order valence-electron chi connectivity index (χ2n) is 4.88. The Kier molecular flexibility index (Phi) is 4.58. The summed E-state index contributed by atoms with van der Waals surface area (Å²) in [7, 11) is 1.98. The molecule has 0 aliphatic rings. The number of aryl methyl sites for hydroxylation is 1. The number of hydrogen-bond acceptors (Lipinski definition) is 2. The first-order chi connectivity index (χ1) is 9.24. The molecule has 0 aromatic heterocycles. The van der Waals surface area contributed by atoms with E-state index < -0.39 is 0 Å². The van der Waals surface area contributed by atoms with Crippen LogP contribution >= 0.6 is 0 Å². The summed E-state index contributed by atoms with van der Waals surface area (Å²) in [6, 6.07) is 17.1. The number of nitrogens with two attached hydrogens (primary N) is 1. The zero-order chi connectivity index (χ0) is 13.7. The summed E-state index contributed by atoms with van der Waals surface area (Å²) in [5.41, 5.74) is 10.5. The first-order valence-corrected chi connectivity index (χ1v) is 6.86. The molecule has 2 nitrogen and oxygen atoms in total. The lowest BCUT2D eigenvalue weighted by atomic mass is 9.97. The lowest BCUT2D eigenvalue weighted by Crippen LogP contribution is -2.17. The molecular formula is C17H22N2. The highest BCUT2D eigenvalue weighted by molar-refractivity contribution is 5.44. The van der Waals surface area contributed by atoms with Crippen LogP contribution in [0.4, 0.5) is 5.69 Å². The van der Waals surface area contributed by atoms with E-state index in [1.54, 1.807) is 0 Å². The molecule has 1 unspecified atom stereocenters. The summed E-state index contributed by atoms with van der Waals surface area (Å²) in [6.07, 6.45) is 2.33. The number of benzene rings is 2. The summed E-state index contributed by atoms with van der Waals surface area (Å²) in [5, 5.41) is 3.36. The summed E-state index contributed by atoms with van der Waals surface area (Å²) in [4.78, 5) is 0. The Labute approximate surface area is 115 Å². The minimum Gasteiger partial charge on any atom is -0.399 e. The molecule has 0 radical (unpaired) electrons. The van der Waals surface area contributed by atoms with Gasteiger partial charge in [0, 0.05) is 5.69 Å². The molecular weight excluding hydrogens is 232 g/mol. The molecule has 19 heavy (non-hydrogen) atoms. The van der Waals surface area contributed by atoms with Gasteiger partial charge in [-0.15, -0.1) is 0 Å². The van der Waals surface area contributed by atoms with Gasteiger partial charge in [0.15, 0.2) is 0 Å². The van der Waals surface area contributed by atoms with Gasteiger partial charge in [0.2, 0.25) is 0 Å². The van der Waals surface area contributed by atoms with E-state index in [0.717, 1.165) is 12.1 Å². The molecule has 0 saturated carbocycles. The second-order valence-corrected chi connectivity index (χ2v) is 4.88. The molecule has 0 amide bonds. The number of anilines is 1. The van der Waals surface area contributed by atoms with E-state index in [1.165, 1.54) is 23.1 Å². The average molecular weight is 254 g/mol. The highest BCUT2D eigenvalue weighted by Crippen LogP contribution is 2.23. The number of hydrogen-bond donors (Lipinski definition) is 2. The van der Waals surface area contributed by atoms with E-state index in [1.807, 2.05) is 25.2 Å². The van der Waals surface area contributed by atoms with Crippen LogP contribution in [-0.4, -0.2) is 7.05 Å². The standard InChI is InChI=1S/C17H22N2/c1-3-5-13-8-10-14(11-9-13)17(19-2)15-6-4-7-16(18)12-15/h4,6-12,17,19H,3,5,18H2,1-2H3. The van der Waals surface area contributed by atoms with E-state index in [9.17, 15) is 0 Å². The predicted octanol–water partition coefficient (Wildman–Crippen LogP) is 3.53. The maximum Gasteiger partial charge on any atom is 0.0575 e. The Morgan fingerprint density at radius 1 is 1.05 bits per heavy atom. The number of rotatable bonds is 5. The van der Waals surface area contributed by atoms with Crippen LogP contribution in [0, 0.1) is 0 Å². The normalized spacial score (nSPS) is 12.3. The third-order valence-corrected chi connectivity index (χ3v) is 3.38. The third-order valence-electron chi connectivity index (χ3n) is 3.38. The quantitative estimate of drug-likeness (QED) is 0.801. The van der Waals surface area contributed by atoms with E-state index >= 15 is 0 Å². The van der Waals surface area contributed by atoms with E-state index in [-0.39, 0.29) is 6.04 Å². The lowest BCUT2D eigenvalue weighted by Gasteiger charge is -2.18. The zero-order valence-corrected chi connectivity index (χ0v) is 11.7. The van der Waals surface area contributed by atoms with Crippen molar-refractivity contribution in [3.8, 4) is 0 Å². The van der Waals surface area contributed by atoms with Crippen molar-refractivity contribution in [1.29, 1.82) is 0 Å². The molecule has 0 bridgehead atoms. The topological polar surface area (TPSA) is 38.0 Å². The summed E-state index contributed by atoms with van der Waals surface area (Å²) >= 11 is 0. The molecule has 2 aromatic carbocycles. The fourth-order valence-corrected chi connectivity index (χ4v) is 2.43. The van der Waals surface area contributed by atoms with Crippen molar-refractivity contribution in [2.24, 2.45) is 0 Å². The largest absolute Gasteiger partial charge is 0.399 e. The van der Waals surface area contributed by atoms with Crippen LogP contribution in [0.3, 0.4) is 0 Å². The fourth-order valence-electron chi connectivity index (χ4n) is 2.43. The van der Waals surface area contributed by atoms with Crippen molar-refractivity contribution < 1.29 is 0 Å². The number of nitrogens with one attached hydrogen (secondary N) is 1. The van der Waals surface area contributed by atoms with Crippen LogP contribution in [0.1, 0.15) is 36.1 Å². The highest BCUT2D eigenvalue weighted by Gasteiger charge is 2.11. The SMILES string of the molecule is CCCc1ccc(C(NC)c2cccc(N)c2)cc1. The van der Waals surface area contributed by atoms with Gasteiger partial charge in [-0.05, 0) is 42.3 Å². The smallest absolute Gasteiger partial charge is 0.0575 e. The Bertz CT molecular complexity index is 517. The van der Waals surface area contributed by atoms with Crippen LogP contribution in [0.5, 0.6) is 0 Å². The van der Waals surface area contributed by atoms with Crippen LogP contribution in [0.2, 0.25) is 0 Å². The van der Waals surface area contributed by atoms with Gasteiger partial charge in [-0.3, -0.25) is 0 Å². The van der Waals surface area contributed by atoms with Gasteiger partial charge < -0.3 is 11.1 Å². The van der Waals surface area contributed by atoms with Crippen molar-refractivity contribution in [2.45, 2.75) is 25.8 Å². The molecule has 0 fully saturated rings. The Morgan fingerprint density at radius 3 is 2.37 bits per heavy atom. The van der Waals surface area contributed by atoms with Gasteiger partial charge >= 0.3 is 0 Å². The molecule has 0 saturated heterocycles. The van der Waals surface area contributed by atoms with Crippen molar-refractivity contribution in [3.63, 3.8) is 0 Å². The molecule has 2 aromatic rings. The minimum absolute atomic E-state index is 0.194. The fraction of sp³-hybridized carbons (Fsp3) is 0.294. The minimum atomic E-state index is 0.194. The number of nitrogen functional groups attached to an aromatic ring is 1. The highest BCUT2D eigenvalue weighted by atomic mass is 14.9. The maximum absolute atomic E-state index is 5.87. The zero-order valence-electron chi connectivity index (χ0n) is 11.7. The molecule has 100 valence electrons. The van der Waals surface area contributed by atoms with E-state index in [2.05, 4.69) is 42.6 Å². The van der Waals surface area contributed by atoms with Crippen LogP contribution < -0.4 is 11.1 Å². The molecule has 0 heterocycles. The molecule has 3 N–H and O–H groups in total. The van der Waals surface area contributed by atoms with Gasteiger partial charge in [0.1, 0.15) is 0 Å². The molecule has 0 spiro atoms. The van der Waals surface area contributed by atoms with Gasteiger partial charge in [0.05, 0.1) is 6.04 Å². The van der Waals surface area contributed by atoms with E-state index in [4.69, 9.17) is 5.73 Å². The monoisotopic (exact) mass is 254 g/mol. The first kappa shape index (κ1) is 13.6. The van der Waals surface area contributed by atoms with Gasteiger partial charge in [-0.2, -0.15) is 0 Å². The third kappa shape index (κ3) is 3.36. The van der Waals surface area contributed by atoms with Crippen molar-refractivity contribution in [3.05, 3.63) is 65.2 Å². The van der Waals surface area contributed by atoms with Crippen molar-refractivity contribution in [2.75, 3.05) is 12.8 Å². The van der Waals surface area contributed by atoms with E-state index in [0.29, 0.717) is 0 Å². The Balaban J connectivity index is 2.26. The predicted molar refractivity (Wildman–Crippen MR) is 82.2 cm³/mol. The molecule has 0 aliphatic heterocycles. The molecule has 2 rings (SSSR count). The summed E-state index contributed by atoms with van der Waals surface area (Å²) < 4.78 is 0. The lowest BCUT2D eigenvalue weighted by molar-refractivity contribution is 0.691. The first-order valence-electron chi connectivity index (χ1n) is 6.86. The Hall–Kier alpha value is -1.80. The maximum atomic E-state index is 5.87. The Morgan fingerprint density at radius 2 is 1.79 bits per heavy atom. The van der Waals surface area contributed by atoms with Crippen LogP contribution in [-0.2, 0) is 6.42 Å². The summed E-state index contributed by atoms with van der Waals surface area (Å²) in [6.45, 7) is 2.21. The summed E-state index contributed by atoms with van der Waals surface area (Å²) in [5.74, 6) is 0.